The molecule has 0 fully saturated rings. The van der Waals surface area contributed by atoms with E-state index in [0.717, 1.165) is 5.56 Å². The third-order valence-corrected chi connectivity index (χ3v) is 2.81. The van der Waals surface area contributed by atoms with E-state index in [0.29, 0.717) is 18.0 Å². The fraction of sp³-hybridized carbons (Fsp3) is 0.250. The van der Waals surface area contributed by atoms with Crippen molar-refractivity contribution in [2.75, 3.05) is 26.3 Å². The maximum atomic E-state index is 11.9. The van der Waals surface area contributed by atoms with E-state index in [4.69, 9.17) is 9.84 Å². The van der Waals surface area contributed by atoms with Crippen molar-refractivity contribution in [1.29, 1.82) is 0 Å². The molecule has 0 radical (unpaired) electrons. The summed E-state index contributed by atoms with van der Waals surface area (Å²) in [7, 11) is 0. The average Bonchev–Trinajstić information content (AvgIpc) is 2.62. The van der Waals surface area contributed by atoms with Crippen molar-refractivity contribution in [2.45, 2.75) is 0 Å². The number of aliphatic hydroxyl groups excluding tert-OH is 1. The Morgan fingerprint density at radius 2 is 1.87 bits per heavy atom. The smallest absolute Gasteiger partial charge is 0.252 e. The molecule has 2 rings (SSSR count). The number of hydrogen-bond donors (Lipinski definition) is 2. The number of carbonyl (C=O) groups is 1. The Hall–Kier alpha value is -2.80. The van der Waals surface area contributed by atoms with Crippen LogP contribution in [0.2, 0.25) is 0 Å². The van der Waals surface area contributed by atoms with Gasteiger partial charge in [-0.2, -0.15) is 0 Å². The van der Waals surface area contributed by atoms with Crippen LogP contribution < -0.4 is 5.32 Å². The van der Waals surface area contributed by atoms with Crippen molar-refractivity contribution in [2.24, 2.45) is 4.99 Å². The molecule has 2 aromatic rings. The third-order valence-electron chi connectivity index (χ3n) is 2.81. The number of hydrogen-bond acceptors (Lipinski definition) is 6. The minimum absolute atomic E-state index is 0.0646. The molecule has 0 unspecified atom stereocenters. The standard InChI is InChI=1S/C16H18N4O3/c21-9-7-20-16(14-4-2-6-18-12-14)23-10-8-19-15(22)13-3-1-5-17-11-13/h1-6,11-12,21H,7-10H2,(H,19,22). The highest BCUT2D eigenvalue weighted by molar-refractivity contribution is 5.94. The predicted molar refractivity (Wildman–Crippen MR) is 85.2 cm³/mol. The Kier molecular flexibility index (Phi) is 6.67. The van der Waals surface area contributed by atoms with Crippen LogP contribution >= 0.6 is 0 Å². The summed E-state index contributed by atoms with van der Waals surface area (Å²) in [6.07, 6.45) is 6.39. The minimum Gasteiger partial charge on any atom is -0.476 e. The Morgan fingerprint density at radius 3 is 2.48 bits per heavy atom. The molecule has 23 heavy (non-hydrogen) atoms. The van der Waals surface area contributed by atoms with Gasteiger partial charge in [0.15, 0.2) is 0 Å². The molecular formula is C16H18N4O3. The van der Waals surface area contributed by atoms with Crippen LogP contribution in [0.5, 0.6) is 0 Å². The van der Waals surface area contributed by atoms with Crippen LogP contribution in [-0.4, -0.2) is 53.2 Å². The molecule has 7 nitrogen and oxygen atoms in total. The Balaban J connectivity index is 1.84. The Morgan fingerprint density at radius 1 is 1.17 bits per heavy atom. The van der Waals surface area contributed by atoms with Gasteiger partial charge in [0, 0.05) is 24.8 Å². The summed E-state index contributed by atoms with van der Waals surface area (Å²) in [4.78, 5) is 23.9. The summed E-state index contributed by atoms with van der Waals surface area (Å²) in [6.45, 7) is 0.758. The lowest BCUT2D eigenvalue weighted by Crippen LogP contribution is -2.28. The fourth-order valence-corrected chi connectivity index (χ4v) is 1.77. The maximum absolute atomic E-state index is 11.9. The maximum Gasteiger partial charge on any atom is 0.252 e. The minimum atomic E-state index is -0.211. The number of rotatable bonds is 7. The van der Waals surface area contributed by atoms with Gasteiger partial charge in [0.25, 0.3) is 5.91 Å². The van der Waals surface area contributed by atoms with Crippen LogP contribution in [0.1, 0.15) is 15.9 Å². The van der Waals surface area contributed by atoms with E-state index in [1.54, 1.807) is 36.8 Å². The SMILES string of the molecule is O=C(NCCOC(=NCCO)c1cccnc1)c1cccnc1. The zero-order valence-corrected chi connectivity index (χ0v) is 12.6. The number of aromatic nitrogens is 2. The lowest BCUT2D eigenvalue weighted by Gasteiger charge is -2.10. The van der Waals surface area contributed by atoms with E-state index in [1.807, 2.05) is 6.07 Å². The van der Waals surface area contributed by atoms with Gasteiger partial charge < -0.3 is 15.2 Å². The molecule has 120 valence electrons. The molecule has 0 spiro atoms. The summed E-state index contributed by atoms with van der Waals surface area (Å²) in [5.41, 5.74) is 1.22. The largest absolute Gasteiger partial charge is 0.476 e. The van der Waals surface area contributed by atoms with Gasteiger partial charge in [-0.1, -0.05) is 0 Å². The molecular weight excluding hydrogens is 296 g/mol. The van der Waals surface area contributed by atoms with E-state index >= 15 is 0 Å². The molecule has 1 amide bonds. The van der Waals surface area contributed by atoms with Crippen LogP contribution in [0.3, 0.4) is 0 Å². The number of amides is 1. The zero-order chi connectivity index (χ0) is 16.3. The first-order valence-electron chi connectivity index (χ1n) is 7.18. The van der Waals surface area contributed by atoms with Crippen LogP contribution in [0.25, 0.3) is 0 Å². The Labute approximate surface area is 134 Å². The average molecular weight is 314 g/mol. The molecule has 0 aliphatic rings. The van der Waals surface area contributed by atoms with Crippen molar-refractivity contribution in [3.8, 4) is 0 Å². The molecule has 0 atom stereocenters. The van der Waals surface area contributed by atoms with E-state index in [-0.39, 0.29) is 25.7 Å². The highest BCUT2D eigenvalue weighted by Gasteiger charge is 2.07. The van der Waals surface area contributed by atoms with Gasteiger partial charge in [-0.3, -0.25) is 14.8 Å². The third kappa shape index (κ3) is 5.48. The first-order valence-corrected chi connectivity index (χ1v) is 7.18. The van der Waals surface area contributed by atoms with Gasteiger partial charge in [-0.05, 0) is 24.3 Å². The number of nitrogens with one attached hydrogen (secondary N) is 1. The Bertz CT molecular complexity index is 632. The van der Waals surface area contributed by atoms with E-state index in [1.165, 1.54) is 6.20 Å². The van der Waals surface area contributed by atoms with Crippen LogP contribution in [-0.2, 0) is 4.74 Å². The number of carbonyl (C=O) groups excluding carboxylic acids is 1. The van der Waals surface area contributed by atoms with Crippen molar-refractivity contribution in [3.63, 3.8) is 0 Å². The number of pyridine rings is 2. The monoisotopic (exact) mass is 314 g/mol. The molecule has 0 saturated heterocycles. The van der Waals surface area contributed by atoms with Crippen LogP contribution in [0.4, 0.5) is 0 Å². The second-order valence-electron chi connectivity index (χ2n) is 4.50. The van der Waals surface area contributed by atoms with Crippen LogP contribution in [0.15, 0.2) is 54.0 Å². The van der Waals surface area contributed by atoms with Gasteiger partial charge in [-0.25, -0.2) is 4.99 Å². The highest BCUT2D eigenvalue weighted by Crippen LogP contribution is 2.01. The van der Waals surface area contributed by atoms with Gasteiger partial charge >= 0.3 is 0 Å². The van der Waals surface area contributed by atoms with E-state index in [2.05, 4.69) is 20.3 Å². The summed E-state index contributed by atoms with van der Waals surface area (Å²) < 4.78 is 5.59. The topological polar surface area (TPSA) is 96.7 Å². The molecule has 2 heterocycles. The second-order valence-corrected chi connectivity index (χ2v) is 4.50. The van der Waals surface area contributed by atoms with Crippen molar-refractivity contribution in [1.82, 2.24) is 15.3 Å². The van der Waals surface area contributed by atoms with Crippen LogP contribution in [0, 0.1) is 0 Å². The van der Waals surface area contributed by atoms with E-state index in [9.17, 15) is 4.79 Å². The van der Waals surface area contributed by atoms with Gasteiger partial charge in [-0.15, -0.1) is 0 Å². The summed E-state index contributed by atoms with van der Waals surface area (Å²) >= 11 is 0. The number of aliphatic hydroxyl groups is 1. The lowest BCUT2D eigenvalue weighted by atomic mass is 10.3. The fourth-order valence-electron chi connectivity index (χ4n) is 1.77. The molecule has 0 saturated carbocycles. The molecule has 0 bridgehead atoms. The summed E-state index contributed by atoms with van der Waals surface area (Å²) in [5.74, 6) is 0.180. The summed E-state index contributed by atoms with van der Waals surface area (Å²) in [5, 5.41) is 11.6. The quantitative estimate of drug-likeness (QED) is 0.444. The first-order chi connectivity index (χ1) is 11.3. The van der Waals surface area contributed by atoms with Crippen molar-refractivity contribution >= 4 is 11.8 Å². The molecule has 0 aliphatic carbocycles. The second kappa shape index (κ2) is 9.26. The molecule has 0 aliphatic heterocycles. The van der Waals surface area contributed by atoms with Gasteiger partial charge in [0.1, 0.15) is 6.61 Å². The van der Waals surface area contributed by atoms with E-state index < -0.39 is 0 Å². The lowest BCUT2D eigenvalue weighted by molar-refractivity contribution is 0.0945. The molecule has 0 aromatic carbocycles. The van der Waals surface area contributed by atoms with Crippen molar-refractivity contribution < 1.29 is 14.6 Å². The number of aliphatic imine (C=N–C) groups is 1. The van der Waals surface area contributed by atoms with Gasteiger partial charge in [0.2, 0.25) is 5.90 Å². The normalized spacial score (nSPS) is 11.1. The number of ether oxygens (including phenoxy) is 1. The predicted octanol–water partition coefficient (Wildman–Crippen LogP) is 0.662. The molecule has 7 heteroatoms. The highest BCUT2D eigenvalue weighted by atomic mass is 16.5. The number of nitrogens with zero attached hydrogens (tertiary/aromatic N) is 3. The summed E-state index contributed by atoms with van der Waals surface area (Å²) in [6, 6.07) is 6.98. The zero-order valence-electron chi connectivity index (χ0n) is 12.6. The molecule has 2 aromatic heterocycles. The van der Waals surface area contributed by atoms with Gasteiger partial charge in [0.05, 0.1) is 30.8 Å². The first kappa shape index (κ1) is 16.6. The van der Waals surface area contributed by atoms with Crippen molar-refractivity contribution in [3.05, 3.63) is 60.2 Å². The molecule has 2 N–H and O–H groups in total.